The van der Waals surface area contributed by atoms with E-state index >= 15 is 0 Å². The third-order valence-electron chi connectivity index (χ3n) is 4.78. The van der Waals surface area contributed by atoms with Gasteiger partial charge < -0.3 is 20.6 Å². The average Bonchev–Trinajstić information content (AvgIpc) is 3.13. The van der Waals surface area contributed by atoms with Crippen molar-refractivity contribution >= 4 is 33.2 Å². The monoisotopic (exact) mass is 500 g/mol. The predicted molar refractivity (Wildman–Crippen MR) is 124 cm³/mol. The second kappa shape index (κ2) is 8.97. The van der Waals surface area contributed by atoms with Crippen molar-refractivity contribution in [1.29, 1.82) is 0 Å². The first-order valence-electron chi connectivity index (χ1n) is 9.36. The Hall–Kier alpha value is -3.07. The second-order valence-corrected chi connectivity index (χ2v) is 8.19. The van der Waals surface area contributed by atoms with Gasteiger partial charge >= 0.3 is 0 Å². The molecule has 7 nitrogen and oxygen atoms in total. The molecule has 0 aliphatic carbocycles. The van der Waals surface area contributed by atoms with E-state index in [0.717, 1.165) is 14.8 Å². The van der Waals surface area contributed by atoms with Gasteiger partial charge in [0.05, 0.1) is 18.0 Å². The van der Waals surface area contributed by atoms with Crippen LogP contribution in [0.15, 0.2) is 76.3 Å². The summed E-state index contributed by atoms with van der Waals surface area (Å²) in [4.78, 5) is 19.5. The molecule has 31 heavy (non-hydrogen) atoms. The molecule has 2 aromatic heterocycles. The maximum Gasteiger partial charge on any atom is 0.261 e. The molecular weight excluding hydrogens is 484 g/mol. The predicted octanol–water partition coefficient (Wildman–Crippen LogP) is 4.70. The second-order valence-electron chi connectivity index (χ2n) is 6.83. The van der Waals surface area contributed by atoms with Crippen molar-refractivity contribution in [2.45, 2.75) is 6.10 Å². The van der Waals surface area contributed by atoms with Gasteiger partial charge in [0.25, 0.3) is 5.56 Å². The Morgan fingerprint density at radius 3 is 2.71 bits per heavy atom. The van der Waals surface area contributed by atoms with Crippen LogP contribution in [0.4, 0.5) is 5.69 Å². The molecule has 0 spiro atoms. The minimum absolute atomic E-state index is 0.0829. The number of nitrogens with one attached hydrogen (secondary N) is 2. The van der Waals surface area contributed by atoms with Crippen LogP contribution < -0.4 is 10.9 Å². The number of imidazole rings is 1. The molecule has 1 atom stereocenters. The fourth-order valence-corrected chi connectivity index (χ4v) is 3.68. The minimum Gasteiger partial charge on any atom is -0.426 e. The molecule has 158 valence electrons. The van der Waals surface area contributed by atoms with Gasteiger partial charge in [-0.3, -0.25) is 4.79 Å². The molecule has 0 aliphatic heterocycles. The third kappa shape index (κ3) is 4.51. The molecule has 0 fully saturated rings. The summed E-state index contributed by atoms with van der Waals surface area (Å²) in [6, 6.07) is 15.9. The van der Waals surface area contributed by atoms with Crippen LogP contribution in [-0.2, 0) is 0 Å². The maximum absolute atomic E-state index is 12.6. The molecule has 0 unspecified atom stereocenters. The summed E-state index contributed by atoms with van der Waals surface area (Å²) in [5, 5.41) is 24.8. The molecular formula is C22H18BrClN4O3. The molecule has 0 bridgehead atoms. The van der Waals surface area contributed by atoms with Crippen LogP contribution in [-0.4, -0.2) is 31.6 Å². The molecule has 0 amide bonds. The number of anilines is 1. The number of hydrogen-bond acceptors (Lipinski definition) is 5. The Morgan fingerprint density at radius 2 is 1.97 bits per heavy atom. The molecule has 0 radical (unpaired) electrons. The zero-order valence-corrected chi connectivity index (χ0v) is 18.4. The molecule has 4 aromatic rings. The number of aromatic amines is 1. The summed E-state index contributed by atoms with van der Waals surface area (Å²) < 4.78 is 1.79. The van der Waals surface area contributed by atoms with Crippen molar-refractivity contribution in [3.05, 3.63) is 92.4 Å². The van der Waals surface area contributed by atoms with Crippen LogP contribution in [0.5, 0.6) is 0 Å². The van der Waals surface area contributed by atoms with E-state index in [2.05, 4.69) is 31.2 Å². The van der Waals surface area contributed by atoms with Gasteiger partial charge in [-0.25, -0.2) is 4.98 Å². The van der Waals surface area contributed by atoms with Gasteiger partial charge in [0, 0.05) is 27.8 Å². The van der Waals surface area contributed by atoms with Crippen LogP contribution in [0.25, 0.3) is 22.6 Å². The molecule has 2 aromatic carbocycles. The molecule has 0 saturated heterocycles. The largest absolute Gasteiger partial charge is 0.426 e. The fourth-order valence-electron chi connectivity index (χ4n) is 3.22. The van der Waals surface area contributed by atoms with Gasteiger partial charge in [0.1, 0.15) is 11.3 Å². The first-order chi connectivity index (χ1) is 14.9. The van der Waals surface area contributed by atoms with Gasteiger partial charge in [-0.05, 0) is 35.9 Å². The number of aliphatic hydroxyl groups excluding tert-OH is 1. The van der Waals surface area contributed by atoms with E-state index in [9.17, 15) is 15.1 Å². The number of rotatable bonds is 6. The lowest BCUT2D eigenvalue weighted by Crippen LogP contribution is -2.18. The summed E-state index contributed by atoms with van der Waals surface area (Å²) >= 11 is 9.37. The summed E-state index contributed by atoms with van der Waals surface area (Å²) in [7, 11) is 0. The Morgan fingerprint density at radius 1 is 1.19 bits per heavy atom. The number of aliphatic hydroxyl groups is 1. The Bertz CT molecular complexity index is 1270. The lowest BCUT2D eigenvalue weighted by atomic mass is 10.1. The van der Waals surface area contributed by atoms with Gasteiger partial charge in [-0.1, -0.05) is 51.8 Å². The van der Waals surface area contributed by atoms with Gasteiger partial charge in [0.15, 0.2) is 5.82 Å². The summed E-state index contributed by atoms with van der Waals surface area (Å²) in [5.41, 5.74) is 1.98. The molecule has 0 saturated carbocycles. The van der Waals surface area contributed by atoms with E-state index in [4.69, 9.17) is 11.6 Å². The lowest BCUT2D eigenvalue weighted by molar-refractivity contribution is 0.191. The number of pyridine rings is 1. The van der Waals surface area contributed by atoms with E-state index in [-0.39, 0.29) is 17.9 Å². The molecule has 4 N–H and O–H groups in total. The summed E-state index contributed by atoms with van der Waals surface area (Å²) in [6.07, 6.45) is 2.13. The van der Waals surface area contributed by atoms with Crippen molar-refractivity contribution in [2.24, 2.45) is 0 Å². The molecule has 4 rings (SSSR count). The van der Waals surface area contributed by atoms with Crippen molar-refractivity contribution in [3.63, 3.8) is 0 Å². The van der Waals surface area contributed by atoms with Gasteiger partial charge in [-0.15, -0.1) is 0 Å². The standard InChI is InChI=1S/C22H18BrClN4O3/c23-15-6-4-13(5-7-15)18-11-27-21(28(18)31)20-17(8-9-25-22(20)30)26-12-19(29)14-2-1-3-16(24)10-14/h1-11,19,29,31H,12H2,(H2,25,26,30)/t19-/m1/s1. The van der Waals surface area contributed by atoms with Crippen molar-refractivity contribution < 1.29 is 10.3 Å². The number of aromatic nitrogens is 3. The zero-order valence-electron chi connectivity index (χ0n) is 16.1. The third-order valence-corrected chi connectivity index (χ3v) is 5.55. The summed E-state index contributed by atoms with van der Waals surface area (Å²) in [5.74, 6) is 0.0829. The van der Waals surface area contributed by atoms with E-state index in [0.29, 0.717) is 22.0 Å². The van der Waals surface area contributed by atoms with Crippen molar-refractivity contribution in [1.82, 2.24) is 14.7 Å². The number of hydrogen-bond donors (Lipinski definition) is 4. The molecule has 2 heterocycles. The fraction of sp³-hybridized carbons (Fsp3) is 0.0909. The number of nitrogens with zero attached hydrogens (tertiary/aromatic N) is 2. The van der Waals surface area contributed by atoms with Crippen LogP contribution in [0.1, 0.15) is 11.7 Å². The van der Waals surface area contributed by atoms with Crippen molar-refractivity contribution in [3.8, 4) is 22.6 Å². The van der Waals surface area contributed by atoms with E-state index in [1.54, 1.807) is 30.3 Å². The topological polar surface area (TPSA) is 103 Å². The smallest absolute Gasteiger partial charge is 0.261 e. The van der Waals surface area contributed by atoms with E-state index in [1.807, 2.05) is 24.3 Å². The number of benzene rings is 2. The Balaban J connectivity index is 1.64. The molecule has 9 heteroatoms. The number of H-pyrrole nitrogens is 1. The Labute approximate surface area is 191 Å². The maximum atomic E-state index is 12.6. The van der Waals surface area contributed by atoms with Gasteiger partial charge in [-0.2, -0.15) is 4.73 Å². The SMILES string of the molecule is O=c1[nH]ccc(NC[C@@H](O)c2cccc(Cl)c2)c1-c1ncc(-c2ccc(Br)cc2)n1O. The lowest BCUT2D eigenvalue weighted by Gasteiger charge is -2.15. The van der Waals surface area contributed by atoms with Gasteiger partial charge in [0.2, 0.25) is 0 Å². The highest BCUT2D eigenvalue weighted by Gasteiger charge is 2.20. The quantitative estimate of drug-likeness (QED) is 0.287. The minimum atomic E-state index is -0.849. The van der Waals surface area contributed by atoms with Crippen molar-refractivity contribution in [2.75, 3.05) is 11.9 Å². The first kappa shape index (κ1) is 21.2. The molecule has 0 aliphatic rings. The first-order valence-corrected chi connectivity index (χ1v) is 10.5. The van der Waals surface area contributed by atoms with Crippen LogP contribution in [0.2, 0.25) is 5.02 Å². The van der Waals surface area contributed by atoms with Crippen LogP contribution in [0.3, 0.4) is 0 Å². The van der Waals surface area contributed by atoms with E-state index in [1.165, 1.54) is 12.4 Å². The van der Waals surface area contributed by atoms with Crippen LogP contribution >= 0.6 is 27.5 Å². The highest BCUT2D eigenvalue weighted by atomic mass is 79.9. The average molecular weight is 502 g/mol. The number of halogens is 2. The zero-order chi connectivity index (χ0) is 22.0. The highest BCUT2D eigenvalue weighted by molar-refractivity contribution is 9.10. The van der Waals surface area contributed by atoms with E-state index < -0.39 is 11.7 Å². The highest BCUT2D eigenvalue weighted by Crippen LogP contribution is 2.29. The Kier molecular flexibility index (Phi) is 6.13. The van der Waals surface area contributed by atoms with Crippen LogP contribution in [0, 0.1) is 0 Å². The normalized spacial score (nSPS) is 12.0. The summed E-state index contributed by atoms with van der Waals surface area (Å²) in [6.45, 7) is 0.127.